The van der Waals surface area contributed by atoms with Gasteiger partial charge in [-0.2, -0.15) is 0 Å². The van der Waals surface area contributed by atoms with Gasteiger partial charge in [0.2, 0.25) is 0 Å². The van der Waals surface area contributed by atoms with Crippen molar-refractivity contribution in [1.29, 1.82) is 0 Å². The van der Waals surface area contributed by atoms with Crippen LogP contribution in [-0.4, -0.2) is 11.1 Å². The van der Waals surface area contributed by atoms with Gasteiger partial charge in [0.15, 0.2) is 0 Å². The number of aliphatic carboxylic acids is 1. The summed E-state index contributed by atoms with van der Waals surface area (Å²) in [5.41, 5.74) is -0.0142. The lowest BCUT2D eigenvalue weighted by molar-refractivity contribution is -0.151. The van der Waals surface area contributed by atoms with E-state index in [-0.39, 0.29) is 5.02 Å². The Hall–Kier alpha value is -1.09. The monoisotopic (exact) mass is 270 g/mol. The topological polar surface area (TPSA) is 37.3 Å². The molecule has 2 nitrogen and oxygen atoms in total. The van der Waals surface area contributed by atoms with Crippen LogP contribution in [0.3, 0.4) is 0 Å². The van der Waals surface area contributed by atoms with Crippen molar-refractivity contribution < 1.29 is 14.3 Å². The molecule has 1 aromatic carbocycles. The van der Waals surface area contributed by atoms with Crippen LogP contribution < -0.4 is 0 Å². The summed E-state index contributed by atoms with van der Waals surface area (Å²) in [5, 5.41) is 9.53. The molecule has 1 aliphatic carbocycles. The third-order valence-electron chi connectivity index (χ3n) is 3.79. The summed E-state index contributed by atoms with van der Waals surface area (Å²) in [6.45, 7) is 0. The molecule has 0 amide bonds. The van der Waals surface area contributed by atoms with E-state index in [0.29, 0.717) is 24.8 Å². The molecular weight excluding hydrogens is 255 g/mol. The smallest absolute Gasteiger partial charge is 0.309 e. The highest BCUT2D eigenvalue weighted by Crippen LogP contribution is 2.39. The Kier molecular flexibility index (Phi) is 3.91. The Morgan fingerprint density at radius 2 is 2.00 bits per heavy atom. The Balaban J connectivity index is 2.23. The lowest BCUT2D eigenvalue weighted by Crippen LogP contribution is -2.35. The molecule has 0 atom stereocenters. The third kappa shape index (κ3) is 2.66. The molecule has 0 bridgehead atoms. The standard InChI is InChI=1S/C14H16ClFO2/c15-11-5-4-10(8-12(11)16)9-14(13(17)18)6-2-1-3-7-14/h4-5,8H,1-3,6-7,9H2,(H,17,18). The van der Waals surface area contributed by atoms with Gasteiger partial charge in [-0.25, -0.2) is 4.39 Å². The fourth-order valence-corrected chi connectivity index (χ4v) is 2.85. The number of benzene rings is 1. The third-order valence-corrected chi connectivity index (χ3v) is 4.10. The van der Waals surface area contributed by atoms with E-state index in [0.717, 1.165) is 19.3 Å². The van der Waals surface area contributed by atoms with Gasteiger partial charge in [-0.3, -0.25) is 4.79 Å². The minimum Gasteiger partial charge on any atom is -0.481 e. The van der Waals surface area contributed by atoms with Crippen molar-refractivity contribution in [1.82, 2.24) is 0 Å². The molecule has 0 heterocycles. The summed E-state index contributed by atoms with van der Waals surface area (Å²) < 4.78 is 13.4. The Labute approximate surface area is 111 Å². The molecule has 1 saturated carbocycles. The van der Waals surface area contributed by atoms with E-state index in [1.54, 1.807) is 6.07 Å². The number of carbonyl (C=O) groups is 1. The SMILES string of the molecule is O=C(O)C1(Cc2ccc(Cl)c(F)c2)CCCCC1. The second-order valence-electron chi connectivity index (χ2n) is 5.07. The molecule has 4 heteroatoms. The van der Waals surface area contributed by atoms with Gasteiger partial charge < -0.3 is 5.11 Å². The van der Waals surface area contributed by atoms with Crippen molar-refractivity contribution in [2.75, 3.05) is 0 Å². The molecule has 0 aliphatic heterocycles. The molecule has 1 fully saturated rings. The van der Waals surface area contributed by atoms with E-state index in [1.807, 2.05) is 0 Å². The molecule has 0 radical (unpaired) electrons. The summed E-state index contributed by atoms with van der Waals surface area (Å²) >= 11 is 5.63. The number of carboxylic acids is 1. The summed E-state index contributed by atoms with van der Waals surface area (Å²) in [5.74, 6) is -1.25. The van der Waals surface area contributed by atoms with Crippen molar-refractivity contribution in [3.8, 4) is 0 Å². The molecule has 1 N–H and O–H groups in total. The van der Waals surface area contributed by atoms with Gasteiger partial charge >= 0.3 is 5.97 Å². The molecule has 0 saturated heterocycles. The first-order valence-corrected chi connectivity index (χ1v) is 6.59. The number of carboxylic acid groups (broad SMARTS) is 1. The van der Waals surface area contributed by atoms with Crippen LogP contribution in [0.4, 0.5) is 4.39 Å². The fourth-order valence-electron chi connectivity index (χ4n) is 2.74. The van der Waals surface area contributed by atoms with E-state index < -0.39 is 17.2 Å². The van der Waals surface area contributed by atoms with E-state index in [9.17, 15) is 14.3 Å². The van der Waals surface area contributed by atoms with Crippen molar-refractivity contribution in [3.05, 3.63) is 34.6 Å². The molecule has 0 aromatic heterocycles. The first-order chi connectivity index (χ1) is 8.53. The van der Waals surface area contributed by atoms with E-state index in [1.165, 1.54) is 12.1 Å². The van der Waals surface area contributed by atoms with Crippen LogP contribution >= 0.6 is 11.6 Å². The zero-order chi connectivity index (χ0) is 13.2. The van der Waals surface area contributed by atoms with Crippen LogP contribution in [0.5, 0.6) is 0 Å². The maximum Gasteiger partial charge on any atom is 0.309 e. The van der Waals surface area contributed by atoms with Gasteiger partial charge in [-0.1, -0.05) is 36.9 Å². The van der Waals surface area contributed by atoms with Crippen LogP contribution in [0.1, 0.15) is 37.7 Å². The largest absolute Gasteiger partial charge is 0.481 e. The number of rotatable bonds is 3. The minimum absolute atomic E-state index is 0.0757. The predicted molar refractivity (Wildman–Crippen MR) is 68.3 cm³/mol. The Bertz CT molecular complexity index is 453. The van der Waals surface area contributed by atoms with Crippen LogP contribution in [0.25, 0.3) is 0 Å². The molecular formula is C14H16ClFO2. The van der Waals surface area contributed by atoms with Crippen molar-refractivity contribution in [2.45, 2.75) is 38.5 Å². The number of halogens is 2. The maximum absolute atomic E-state index is 13.4. The molecule has 1 aromatic rings. The molecule has 2 rings (SSSR count). The molecule has 18 heavy (non-hydrogen) atoms. The number of hydrogen-bond acceptors (Lipinski definition) is 1. The van der Waals surface area contributed by atoms with E-state index in [2.05, 4.69) is 0 Å². The zero-order valence-electron chi connectivity index (χ0n) is 10.1. The molecule has 0 unspecified atom stereocenters. The quantitative estimate of drug-likeness (QED) is 0.899. The van der Waals surface area contributed by atoms with Crippen LogP contribution in [0, 0.1) is 11.2 Å². The lowest BCUT2D eigenvalue weighted by atomic mass is 9.70. The normalized spacial score (nSPS) is 18.6. The van der Waals surface area contributed by atoms with Crippen molar-refractivity contribution >= 4 is 17.6 Å². The average Bonchev–Trinajstić information content (AvgIpc) is 2.35. The van der Waals surface area contributed by atoms with E-state index >= 15 is 0 Å². The predicted octanol–water partition coefficient (Wildman–Crippen LogP) is 4.06. The minimum atomic E-state index is -0.766. The van der Waals surface area contributed by atoms with E-state index in [4.69, 9.17) is 11.6 Å². The van der Waals surface area contributed by atoms with Gasteiger partial charge in [0.1, 0.15) is 5.82 Å². The summed E-state index contributed by atoms with van der Waals surface area (Å²) in [6.07, 6.45) is 4.68. The van der Waals surface area contributed by atoms with Crippen LogP contribution in [0.2, 0.25) is 5.02 Å². The van der Waals surface area contributed by atoms with Crippen molar-refractivity contribution in [2.24, 2.45) is 5.41 Å². The zero-order valence-corrected chi connectivity index (χ0v) is 10.8. The van der Waals surface area contributed by atoms with Crippen LogP contribution in [0.15, 0.2) is 18.2 Å². The van der Waals surface area contributed by atoms with Gasteiger partial charge in [0, 0.05) is 0 Å². The second-order valence-corrected chi connectivity index (χ2v) is 5.48. The molecule has 1 aliphatic rings. The second kappa shape index (κ2) is 5.27. The fraction of sp³-hybridized carbons (Fsp3) is 0.500. The summed E-state index contributed by atoms with van der Waals surface area (Å²) in [6, 6.07) is 4.55. The highest BCUT2D eigenvalue weighted by atomic mass is 35.5. The first-order valence-electron chi connectivity index (χ1n) is 6.21. The lowest BCUT2D eigenvalue weighted by Gasteiger charge is -2.33. The van der Waals surface area contributed by atoms with Gasteiger partial charge in [-0.15, -0.1) is 0 Å². The number of hydrogen-bond donors (Lipinski definition) is 1. The van der Waals surface area contributed by atoms with Gasteiger partial charge in [-0.05, 0) is 37.0 Å². The maximum atomic E-state index is 13.4. The average molecular weight is 271 g/mol. The molecule has 0 spiro atoms. The highest BCUT2D eigenvalue weighted by molar-refractivity contribution is 6.30. The first kappa shape index (κ1) is 13.3. The van der Waals surface area contributed by atoms with Crippen LogP contribution in [-0.2, 0) is 11.2 Å². The highest BCUT2D eigenvalue weighted by Gasteiger charge is 2.39. The molecule has 98 valence electrons. The summed E-state index contributed by atoms with van der Waals surface area (Å²) in [4.78, 5) is 11.5. The van der Waals surface area contributed by atoms with Crippen molar-refractivity contribution in [3.63, 3.8) is 0 Å². The summed E-state index contributed by atoms with van der Waals surface area (Å²) in [7, 11) is 0. The Morgan fingerprint density at radius 1 is 1.33 bits per heavy atom. The van der Waals surface area contributed by atoms with Gasteiger partial charge in [0.25, 0.3) is 0 Å². The Morgan fingerprint density at radius 3 is 2.56 bits per heavy atom. The van der Waals surface area contributed by atoms with Gasteiger partial charge in [0.05, 0.1) is 10.4 Å².